The van der Waals surface area contributed by atoms with Crippen molar-refractivity contribution in [1.82, 2.24) is 15.5 Å². The highest BCUT2D eigenvalue weighted by Gasteiger charge is 2.09. The van der Waals surface area contributed by atoms with Gasteiger partial charge in [-0.3, -0.25) is 0 Å². The summed E-state index contributed by atoms with van der Waals surface area (Å²) in [5.74, 6) is 0. The average molecular weight is 327 g/mol. The van der Waals surface area contributed by atoms with E-state index in [0.717, 1.165) is 20.8 Å². The Kier molecular flexibility index (Phi) is 4.69. The molecule has 2 aromatic rings. The van der Waals surface area contributed by atoms with Crippen LogP contribution in [0.15, 0.2) is 41.0 Å². The lowest BCUT2D eigenvalue weighted by atomic mass is 10.1. The van der Waals surface area contributed by atoms with Crippen LogP contribution in [0.5, 0.6) is 0 Å². The Morgan fingerprint density at radius 3 is 2.89 bits per heavy atom. The SMILES string of the molecule is CC(NCc1cccnn1)c1ccc(Br)cc1Cl. The molecule has 0 aliphatic carbocycles. The molecule has 0 aliphatic heterocycles. The monoisotopic (exact) mass is 325 g/mol. The first-order chi connectivity index (χ1) is 8.66. The molecule has 1 aromatic carbocycles. The molecule has 0 saturated heterocycles. The summed E-state index contributed by atoms with van der Waals surface area (Å²) in [4.78, 5) is 0. The van der Waals surface area contributed by atoms with E-state index in [-0.39, 0.29) is 6.04 Å². The highest BCUT2D eigenvalue weighted by atomic mass is 79.9. The molecule has 1 atom stereocenters. The molecule has 0 radical (unpaired) electrons. The molecule has 18 heavy (non-hydrogen) atoms. The maximum Gasteiger partial charge on any atom is 0.0769 e. The topological polar surface area (TPSA) is 37.8 Å². The van der Waals surface area contributed by atoms with E-state index in [4.69, 9.17) is 11.6 Å². The molecule has 1 N–H and O–H groups in total. The zero-order valence-electron chi connectivity index (χ0n) is 9.90. The van der Waals surface area contributed by atoms with E-state index in [9.17, 15) is 0 Å². The Morgan fingerprint density at radius 2 is 2.22 bits per heavy atom. The number of hydrogen-bond donors (Lipinski definition) is 1. The quantitative estimate of drug-likeness (QED) is 0.930. The van der Waals surface area contributed by atoms with Gasteiger partial charge in [-0.2, -0.15) is 10.2 Å². The number of hydrogen-bond acceptors (Lipinski definition) is 3. The van der Waals surface area contributed by atoms with Crippen LogP contribution in [0.4, 0.5) is 0 Å². The Labute approximate surface area is 120 Å². The van der Waals surface area contributed by atoms with Crippen molar-refractivity contribution in [2.75, 3.05) is 0 Å². The van der Waals surface area contributed by atoms with E-state index < -0.39 is 0 Å². The smallest absolute Gasteiger partial charge is 0.0769 e. The van der Waals surface area contributed by atoms with E-state index in [1.54, 1.807) is 6.20 Å². The molecular formula is C13H13BrClN3. The van der Waals surface area contributed by atoms with E-state index in [2.05, 4.69) is 38.4 Å². The van der Waals surface area contributed by atoms with Gasteiger partial charge in [-0.25, -0.2) is 0 Å². The van der Waals surface area contributed by atoms with Crippen molar-refractivity contribution in [2.45, 2.75) is 19.5 Å². The maximum atomic E-state index is 6.21. The summed E-state index contributed by atoms with van der Waals surface area (Å²) in [6.45, 7) is 2.74. The van der Waals surface area contributed by atoms with Gasteiger partial charge in [0.05, 0.1) is 5.69 Å². The minimum absolute atomic E-state index is 0.160. The number of nitrogens with zero attached hydrogens (tertiary/aromatic N) is 2. The molecule has 2 rings (SSSR count). The molecule has 5 heteroatoms. The first-order valence-electron chi connectivity index (χ1n) is 5.61. The molecular weight excluding hydrogens is 314 g/mol. The number of aromatic nitrogens is 2. The number of rotatable bonds is 4. The van der Waals surface area contributed by atoms with Crippen LogP contribution in [0, 0.1) is 0 Å². The fourth-order valence-corrected chi connectivity index (χ4v) is 2.49. The fourth-order valence-electron chi connectivity index (χ4n) is 1.65. The van der Waals surface area contributed by atoms with Gasteiger partial charge in [0, 0.05) is 28.3 Å². The Balaban J connectivity index is 2.01. The largest absolute Gasteiger partial charge is 0.304 e. The molecule has 1 aromatic heterocycles. The van der Waals surface area contributed by atoms with Crippen LogP contribution in [0.1, 0.15) is 24.2 Å². The summed E-state index contributed by atoms with van der Waals surface area (Å²) in [5, 5.41) is 12.0. The second-order valence-electron chi connectivity index (χ2n) is 3.98. The van der Waals surface area contributed by atoms with E-state index in [0.29, 0.717) is 6.54 Å². The first kappa shape index (κ1) is 13.5. The molecule has 0 bridgehead atoms. The Morgan fingerprint density at radius 1 is 1.39 bits per heavy atom. The molecule has 0 aliphatic rings. The van der Waals surface area contributed by atoms with Gasteiger partial charge >= 0.3 is 0 Å². The van der Waals surface area contributed by atoms with Crippen LogP contribution in [0.3, 0.4) is 0 Å². The van der Waals surface area contributed by atoms with E-state index in [1.165, 1.54) is 0 Å². The zero-order chi connectivity index (χ0) is 13.0. The molecule has 1 heterocycles. The van der Waals surface area contributed by atoms with Crippen molar-refractivity contribution in [2.24, 2.45) is 0 Å². The predicted octanol–water partition coefficient (Wildman–Crippen LogP) is 3.74. The molecule has 94 valence electrons. The summed E-state index contributed by atoms with van der Waals surface area (Å²) in [6, 6.07) is 9.88. The third-order valence-corrected chi connectivity index (χ3v) is 3.47. The van der Waals surface area contributed by atoms with Gasteiger partial charge in [0.2, 0.25) is 0 Å². The molecule has 0 spiro atoms. The lowest BCUT2D eigenvalue weighted by molar-refractivity contribution is 0.564. The van der Waals surface area contributed by atoms with Crippen molar-refractivity contribution in [3.8, 4) is 0 Å². The number of nitrogens with one attached hydrogen (secondary N) is 1. The molecule has 0 fully saturated rings. The maximum absolute atomic E-state index is 6.21. The lowest BCUT2D eigenvalue weighted by Gasteiger charge is -2.15. The van der Waals surface area contributed by atoms with Crippen LogP contribution in [-0.2, 0) is 6.54 Å². The van der Waals surface area contributed by atoms with Crippen LogP contribution in [0.2, 0.25) is 5.02 Å². The van der Waals surface area contributed by atoms with Crippen molar-refractivity contribution < 1.29 is 0 Å². The van der Waals surface area contributed by atoms with Gasteiger partial charge in [-0.1, -0.05) is 33.6 Å². The second kappa shape index (κ2) is 6.27. The summed E-state index contributed by atoms with van der Waals surface area (Å²) < 4.78 is 0.984. The van der Waals surface area contributed by atoms with Crippen molar-refractivity contribution in [3.05, 3.63) is 57.3 Å². The minimum atomic E-state index is 0.160. The van der Waals surface area contributed by atoms with Crippen LogP contribution in [-0.4, -0.2) is 10.2 Å². The third-order valence-electron chi connectivity index (χ3n) is 2.65. The summed E-state index contributed by atoms with van der Waals surface area (Å²) >= 11 is 9.61. The lowest BCUT2D eigenvalue weighted by Crippen LogP contribution is -2.19. The Bertz CT molecular complexity index is 519. The van der Waals surface area contributed by atoms with Crippen molar-refractivity contribution >= 4 is 27.5 Å². The van der Waals surface area contributed by atoms with Gasteiger partial charge in [0.15, 0.2) is 0 Å². The normalized spacial score (nSPS) is 12.4. The fraction of sp³-hybridized carbons (Fsp3) is 0.231. The number of halogens is 2. The average Bonchev–Trinajstić information content (AvgIpc) is 2.37. The standard InChI is InChI=1S/C13H13BrClN3/c1-9(12-5-4-10(14)7-13(12)15)16-8-11-3-2-6-17-18-11/h2-7,9,16H,8H2,1H3. The van der Waals surface area contributed by atoms with Gasteiger partial charge < -0.3 is 5.32 Å². The highest BCUT2D eigenvalue weighted by Crippen LogP contribution is 2.26. The van der Waals surface area contributed by atoms with Gasteiger partial charge in [-0.05, 0) is 36.8 Å². The van der Waals surface area contributed by atoms with Crippen LogP contribution >= 0.6 is 27.5 Å². The van der Waals surface area contributed by atoms with E-state index in [1.807, 2.05) is 30.3 Å². The second-order valence-corrected chi connectivity index (χ2v) is 5.31. The first-order valence-corrected chi connectivity index (χ1v) is 6.79. The van der Waals surface area contributed by atoms with Crippen molar-refractivity contribution in [1.29, 1.82) is 0 Å². The minimum Gasteiger partial charge on any atom is -0.304 e. The zero-order valence-corrected chi connectivity index (χ0v) is 12.2. The van der Waals surface area contributed by atoms with Gasteiger partial charge in [0.1, 0.15) is 0 Å². The summed E-state index contributed by atoms with van der Waals surface area (Å²) in [7, 11) is 0. The number of benzene rings is 1. The predicted molar refractivity (Wildman–Crippen MR) is 76.4 cm³/mol. The third kappa shape index (κ3) is 3.51. The Hall–Kier alpha value is -0.970. The van der Waals surface area contributed by atoms with Crippen LogP contribution < -0.4 is 5.32 Å². The van der Waals surface area contributed by atoms with Crippen LogP contribution in [0.25, 0.3) is 0 Å². The molecule has 3 nitrogen and oxygen atoms in total. The molecule has 1 unspecified atom stereocenters. The summed E-state index contributed by atoms with van der Waals surface area (Å²) in [5.41, 5.74) is 1.99. The molecule has 0 saturated carbocycles. The van der Waals surface area contributed by atoms with Gasteiger partial charge in [-0.15, -0.1) is 0 Å². The van der Waals surface area contributed by atoms with Crippen molar-refractivity contribution in [3.63, 3.8) is 0 Å². The van der Waals surface area contributed by atoms with Gasteiger partial charge in [0.25, 0.3) is 0 Å². The van der Waals surface area contributed by atoms with E-state index >= 15 is 0 Å². The summed E-state index contributed by atoms with van der Waals surface area (Å²) in [6.07, 6.45) is 1.67. The highest BCUT2D eigenvalue weighted by molar-refractivity contribution is 9.10. The molecule has 0 amide bonds.